The summed E-state index contributed by atoms with van der Waals surface area (Å²) in [6.45, 7) is 3.62. The van der Waals surface area contributed by atoms with Crippen LogP contribution in [0.1, 0.15) is 17.0 Å². The first-order valence-electron chi connectivity index (χ1n) is 5.99. The summed E-state index contributed by atoms with van der Waals surface area (Å²) in [4.78, 5) is 0.273. The van der Waals surface area contributed by atoms with E-state index in [0.717, 1.165) is 15.7 Å². The normalized spacial score (nSPS) is 11.8. The number of rotatable bonds is 3. The minimum absolute atomic E-state index is 0.103. The van der Waals surface area contributed by atoms with Crippen LogP contribution in [0.5, 0.6) is 0 Å². The van der Waals surface area contributed by atoms with E-state index in [4.69, 9.17) is 5.73 Å². The highest BCUT2D eigenvalue weighted by atomic mass is 79.9. The van der Waals surface area contributed by atoms with E-state index in [0.29, 0.717) is 11.4 Å². The Hall–Kier alpha value is -1.34. The van der Waals surface area contributed by atoms with E-state index in [1.807, 2.05) is 6.92 Å². The SMILES string of the molecule is Cc1cc(S(=O)(=O)Cc2c(Br)c(C)nn2C)ccc1N. The molecule has 0 aliphatic carbocycles. The molecular formula is C13H16BrN3O2S. The molecule has 2 N–H and O–H groups in total. The molecule has 0 atom stereocenters. The lowest BCUT2D eigenvalue weighted by molar-refractivity contribution is 0.591. The van der Waals surface area contributed by atoms with Crippen molar-refractivity contribution in [2.45, 2.75) is 24.5 Å². The predicted octanol–water partition coefficient (Wildman–Crippen LogP) is 2.36. The van der Waals surface area contributed by atoms with E-state index >= 15 is 0 Å². The van der Waals surface area contributed by atoms with Crippen molar-refractivity contribution in [3.05, 3.63) is 39.6 Å². The molecule has 0 bridgehead atoms. The highest BCUT2D eigenvalue weighted by Crippen LogP contribution is 2.26. The third-order valence-corrected chi connectivity index (χ3v) is 5.85. The van der Waals surface area contributed by atoms with Gasteiger partial charge in [-0.15, -0.1) is 0 Å². The molecule has 0 amide bonds. The van der Waals surface area contributed by atoms with Crippen LogP contribution >= 0.6 is 15.9 Å². The number of nitrogens with zero attached hydrogens (tertiary/aromatic N) is 2. The third kappa shape index (κ3) is 2.73. The summed E-state index contributed by atoms with van der Waals surface area (Å²) >= 11 is 3.38. The molecule has 20 heavy (non-hydrogen) atoms. The Bertz CT molecular complexity index is 766. The lowest BCUT2D eigenvalue weighted by Gasteiger charge is -2.08. The minimum atomic E-state index is -3.43. The first-order valence-corrected chi connectivity index (χ1v) is 8.44. The number of hydrogen-bond donors (Lipinski definition) is 1. The van der Waals surface area contributed by atoms with Crippen molar-refractivity contribution >= 4 is 31.5 Å². The number of nitrogen functional groups attached to an aromatic ring is 1. The molecule has 0 aliphatic heterocycles. The van der Waals surface area contributed by atoms with Crippen molar-refractivity contribution in [1.82, 2.24) is 9.78 Å². The molecule has 1 heterocycles. The monoisotopic (exact) mass is 357 g/mol. The molecule has 0 spiro atoms. The van der Waals surface area contributed by atoms with Crippen molar-refractivity contribution in [3.63, 3.8) is 0 Å². The molecule has 0 saturated heterocycles. The van der Waals surface area contributed by atoms with Crippen LogP contribution in [0.3, 0.4) is 0 Å². The number of sulfone groups is 1. The standard InChI is InChI=1S/C13H16BrN3O2S/c1-8-6-10(4-5-11(8)15)20(18,19)7-12-13(14)9(2)16-17(12)3/h4-6H,7,15H2,1-3H3. The highest BCUT2D eigenvalue weighted by Gasteiger charge is 2.21. The maximum atomic E-state index is 12.5. The zero-order valence-corrected chi connectivity index (χ0v) is 13.9. The van der Waals surface area contributed by atoms with E-state index in [1.54, 1.807) is 30.8 Å². The fourth-order valence-electron chi connectivity index (χ4n) is 1.94. The number of aromatic nitrogens is 2. The van der Waals surface area contributed by atoms with Gasteiger partial charge in [-0.3, -0.25) is 4.68 Å². The van der Waals surface area contributed by atoms with Gasteiger partial charge >= 0.3 is 0 Å². The zero-order chi connectivity index (χ0) is 15.1. The number of benzene rings is 1. The minimum Gasteiger partial charge on any atom is -0.399 e. The van der Waals surface area contributed by atoms with Crippen molar-refractivity contribution in [2.75, 3.05) is 5.73 Å². The van der Waals surface area contributed by atoms with Gasteiger partial charge in [-0.25, -0.2) is 8.42 Å². The molecule has 0 unspecified atom stereocenters. The molecular weight excluding hydrogens is 342 g/mol. The summed E-state index contributed by atoms with van der Waals surface area (Å²) in [5.74, 6) is -0.103. The predicted molar refractivity (Wildman–Crippen MR) is 82.1 cm³/mol. The number of halogens is 1. The van der Waals surface area contributed by atoms with Gasteiger partial charge in [0.25, 0.3) is 0 Å². The van der Waals surface area contributed by atoms with Crippen LogP contribution in [0, 0.1) is 13.8 Å². The molecule has 0 radical (unpaired) electrons. The lowest BCUT2D eigenvalue weighted by atomic mass is 10.2. The Morgan fingerprint density at radius 3 is 2.50 bits per heavy atom. The van der Waals surface area contributed by atoms with E-state index in [2.05, 4.69) is 21.0 Å². The third-order valence-electron chi connectivity index (χ3n) is 3.19. The second-order valence-corrected chi connectivity index (χ2v) is 7.53. The molecule has 7 heteroatoms. The zero-order valence-electron chi connectivity index (χ0n) is 11.5. The molecule has 1 aromatic carbocycles. The van der Waals surface area contributed by atoms with Gasteiger partial charge in [0.2, 0.25) is 0 Å². The Labute approximate surface area is 126 Å². The molecule has 5 nitrogen and oxygen atoms in total. The van der Waals surface area contributed by atoms with Gasteiger partial charge in [-0.2, -0.15) is 5.10 Å². The van der Waals surface area contributed by atoms with Crippen molar-refractivity contribution in [2.24, 2.45) is 7.05 Å². The van der Waals surface area contributed by atoms with Crippen molar-refractivity contribution in [1.29, 1.82) is 0 Å². The summed E-state index contributed by atoms with van der Waals surface area (Å²) in [6.07, 6.45) is 0. The van der Waals surface area contributed by atoms with Gasteiger partial charge in [0.05, 0.1) is 26.5 Å². The lowest BCUT2D eigenvalue weighted by Crippen LogP contribution is -2.10. The quantitative estimate of drug-likeness (QED) is 0.855. The van der Waals surface area contributed by atoms with Crippen molar-refractivity contribution < 1.29 is 8.42 Å². The van der Waals surface area contributed by atoms with Gasteiger partial charge in [0, 0.05) is 12.7 Å². The number of hydrogen-bond acceptors (Lipinski definition) is 4. The fraction of sp³-hybridized carbons (Fsp3) is 0.308. The van der Waals surface area contributed by atoms with Crippen LogP contribution < -0.4 is 5.73 Å². The number of anilines is 1. The molecule has 0 fully saturated rings. The van der Waals surface area contributed by atoms with Gasteiger partial charge in [0.15, 0.2) is 9.84 Å². The smallest absolute Gasteiger partial charge is 0.184 e. The van der Waals surface area contributed by atoms with Crippen LogP contribution in [-0.4, -0.2) is 18.2 Å². The Balaban J connectivity index is 2.43. The average Bonchev–Trinajstić information content (AvgIpc) is 2.59. The highest BCUT2D eigenvalue weighted by molar-refractivity contribution is 9.10. The summed E-state index contributed by atoms with van der Waals surface area (Å²) in [7, 11) is -1.70. The fourth-order valence-corrected chi connectivity index (χ4v) is 4.09. The number of nitrogens with two attached hydrogens (primary N) is 1. The Morgan fingerprint density at radius 2 is 2.00 bits per heavy atom. The Morgan fingerprint density at radius 1 is 1.35 bits per heavy atom. The maximum absolute atomic E-state index is 12.5. The van der Waals surface area contributed by atoms with Gasteiger partial charge < -0.3 is 5.73 Å². The van der Waals surface area contributed by atoms with E-state index in [1.165, 1.54) is 6.07 Å². The molecule has 1 aromatic heterocycles. The van der Waals surface area contributed by atoms with E-state index < -0.39 is 9.84 Å². The van der Waals surface area contributed by atoms with Gasteiger partial charge in [-0.1, -0.05) is 0 Å². The number of aryl methyl sites for hydroxylation is 3. The maximum Gasteiger partial charge on any atom is 0.184 e. The van der Waals surface area contributed by atoms with Crippen LogP contribution in [0.2, 0.25) is 0 Å². The van der Waals surface area contributed by atoms with Crippen LogP contribution in [-0.2, 0) is 22.6 Å². The molecule has 108 valence electrons. The van der Waals surface area contributed by atoms with Crippen LogP contribution in [0.4, 0.5) is 5.69 Å². The van der Waals surface area contributed by atoms with Crippen LogP contribution in [0.15, 0.2) is 27.6 Å². The summed E-state index contributed by atoms with van der Waals surface area (Å²) in [6, 6.07) is 4.75. The summed E-state index contributed by atoms with van der Waals surface area (Å²) in [5, 5.41) is 4.21. The molecule has 2 rings (SSSR count). The van der Waals surface area contributed by atoms with Crippen LogP contribution in [0.25, 0.3) is 0 Å². The molecule has 2 aromatic rings. The summed E-state index contributed by atoms with van der Waals surface area (Å²) in [5.41, 5.74) is 8.47. The second-order valence-electron chi connectivity index (χ2n) is 4.75. The van der Waals surface area contributed by atoms with Gasteiger partial charge in [-0.05, 0) is 53.5 Å². The average molecular weight is 358 g/mol. The topological polar surface area (TPSA) is 78.0 Å². The molecule has 0 saturated carbocycles. The molecule has 0 aliphatic rings. The van der Waals surface area contributed by atoms with E-state index in [9.17, 15) is 8.42 Å². The largest absolute Gasteiger partial charge is 0.399 e. The van der Waals surface area contributed by atoms with Crippen molar-refractivity contribution in [3.8, 4) is 0 Å². The Kier molecular flexibility index (Phi) is 3.93. The van der Waals surface area contributed by atoms with E-state index in [-0.39, 0.29) is 10.6 Å². The first-order chi connectivity index (χ1) is 9.22. The summed E-state index contributed by atoms with van der Waals surface area (Å²) < 4.78 is 27.3. The van der Waals surface area contributed by atoms with Gasteiger partial charge in [0.1, 0.15) is 0 Å². The second kappa shape index (κ2) is 5.21. The first kappa shape index (κ1) is 15.1.